The molecule has 0 saturated carbocycles. The Hall–Kier alpha value is -0.580. The first-order valence-electron chi connectivity index (χ1n) is 4.74. The third-order valence-electron chi connectivity index (χ3n) is 2.02. The number of sulfone groups is 1. The molecule has 0 fully saturated rings. The highest BCUT2D eigenvalue weighted by atomic mass is 35.5. The van der Waals surface area contributed by atoms with E-state index in [2.05, 4.69) is 0 Å². The van der Waals surface area contributed by atoms with Crippen LogP contribution in [-0.4, -0.2) is 20.7 Å². The maximum Gasteiger partial charge on any atom is 0.178 e. The van der Waals surface area contributed by atoms with Gasteiger partial charge in [-0.3, -0.25) is 0 Å². The largest absolute Gasteiger partial charge is 0.330 e. The van der Waals surface area contributed by atoms with Crippen molar-refractivity contribution in [1.29, 1.82) is 0 Å². The Kier molecular flexibility index (Phi) is 4.57. The fourth-order valence-electron chi connectivity index (χ4n) is 1.21. The molecule has 84 valence electrons. The number of unbranched alkanes of at least 4 members (excludes halogenated alkanes) is 1. The molecule has 0 bridgehead atoms. The third kappa shape index (κ3) is 3.81. The summed E-state index contributed by atoms with van der Waals surface area (Å²) in [5, 5.41) is 0.440. The zero-order valence-corrected chi connectivity index (χ0v) is 9.89. The maximum atomic E-state index is 11.8. The lowest BCUT2D eigenvalue weighted by molar-refractivity contribution is 0.592. The average molecular weight is 248 g/mol. The van der Waals surface area contributed by atoms with E-state index in [4.69, 9.17) is 17.3 Å². The first-order chi connectivity index (χ1) is 7.06. The lowest BCUT2D eigenvalue weighted by atomic mass is 10.3. The number of rotatable bonds is 5. The predicted molar refractivity (Wildman–Crippen MR) is 61.8 cm³/mol. The molecule has 1 aromatic carbocycles. The first kappa shape index (κ1) is 12.5. The maximum absolute atomic E-state index is 11.8. The van der Waals surface area contributed by atoms with Crippen molar-refractivity contribution in [3.8, 4) is 0 Å². The molecule has 0 atom stereocenters. The molecule has 0 aliphatic heterocycles. The quantitative estimate of drug-likeness (QED) is 0.808. The van der Waals surface area contributed by atoms with Crippen LogP contribution in [0.2, 0.25) is 5.02 Å². The van der Waals surface area contributed by atoms with Gasteiger partial charge in [-0.15, -0.1) is 0 Å². The molecule has 0 saturated heterocycles. The molecular formula is C10H14ClNO2S. The van der Waals surface area contributed by atoms with Crippen LogP contribution in [-0.2, 0) is 9.84 Å². The normalized spacial score (nSPS) is 11.6. The summed E-state index contributed by atoms with van der Waals surface area (Å²) in [7, 11) is -3.20. The minimum Gasteiger partial charge on any atom is -0.330 e. The summed E-state index contributed by atoms with van der Waals surface area (Å²) in [5.41, 5.74) is 5.30. The van der Waals surface area contributed by atoms with Crippen molar-refractivity contribution in [2.45, 2.75) is 17.7 Å². The summed E-state index contributed by atoms with van der Waals surface area (Å²) in [4.78, 5) is 0.284. The van der Waals surface area contributed by atoms with Crippen LogP contribution >= 0.6 is 11.6 Å². The van der Waals surface area contributed by atoms with E-state index in [1.54, 1.807) is 18.2 Å². The van der Waals surface area contributed by atoms with Gasteiger partial charge in [-0.25, -0.2) is 8.42 Å². The number of benzene rings is 1. The van der Waals surface area contributed by atoms with E-state index in [1.165, 1.54) is 6.07 Å². The van der Waals surface area contributed by atoms with E-state index in [9.17, 15) is 8.42 Å². The van der Waals surface area contributed by atoms with Crippen LogP contribution in [0, 0.1) is 0 Å². The van der Waals surface area contributed by atoms with Crippen LogP contribution in [0.4, 0.5) is 0 Å². The van der Waals surface area contributed by atoms with Gasteiger partial charge >= 0.3 is 0 Å². The number of nitrogens with two attached hydrogens (primary N) is 1. The molecule has 0 aliphatic rings. The zero-order chi connectivity index (χ0) is 11.3. The Bertz CT molecular complexity index is 417. The Morgan fingerprint density at radius 2 is 2.00 bits per heavy atom. The van der Waals surface area contributed by atoms with Gasteiger partial charge in [-0.05, 0) is 37.6 Å². The van der Waals surface area contributed by atoms with Gasteiger partial charge in [0.2, 0.25) is 0 Å². The summed E-state index contributed by atoms with van der Waals surface area (Å²) in [6.07, 6.45) is 1.31. The summed E-state index contributed by atoms with van der Waals surface area (Å²) < 4.78 is 23.5. The second-order valence-electron chi connectivity index (χ2n) is 3.27. The van der Waals surface area contributed by atoms with Gasteiger partial charge in [-0.2, -0.15) is 0 Å². The van der Waals surface area contributed by atoms with Gasteiger partial charge in [-0.1, -0.05) is 17.7 Å². The number of halogens is 1. The second kappa shape index (κ2) is 5.49. The highest BCUT2D eigenvalue weighted by molar-refractivity contribution is 7.91. The third-order valence-corrected chi connectivity index (χ3v) is 4.06. The summed E-state index contributed by atoms with van der Waals surface area (Å²) in [6.45, 7) is 0.519. The highest BCUT2D eigenvalue weighted by Gasteiger charge is 2.13. The molecule has 0 heterocycles. The Balaban J connectivity index is 2.77. The van der Waals surface area contributed by atoms with E-state index < -0.39 is 9.84 Å². The Morgan fingerprint density at radius 3 is 2.60 bits per heavy atom. The van der Waals surface area contributed by atoms with Crippen molar-refractivity contribution < 1.29 is 8.42 Å². The predicted octanol–water partition coefficient (Wildman–Crippen LogP) is 1.85. The monoisotopic (exact) mass is 247 g/mol. The fraction of sp³-hybridized carbons (Fsp3) is 0.400. The van der Waals surface area contributed by atoms with E-state index in [0.29, 0.717) is 18.0 Å². The minimum atomic E-state index is -3.20. The standard InChI is InChI=1S/C10H14ClNO2S/c11-9-4-3-5-10(8-9)15(13,14)7-2-1-6-12/h3-5,8H,1-2,6-7,12H2. The lowest BCUT2D eigenvalue weighted by Crippen LogP contribution is -2.09. The van der Waals surface area contributed by atoms with Crippen molar-refractivity contribution in [1.82, 2.24) is 0 Å². The van der Waals surface area contributed by atoms with Crippen molar-refractivity contribution >= 4 is 21.4 Å². The van der Waals surface area contributed by atoms with Gasteiger partial charge in [0.1, 0.15) is 0 Å². The molecule has 0 spiro atoms. The van der Waals surface area contributed by atoms with Gasteiger partial charge in [0.05, 0.1) is 10.6 Å². The van der Waals surface area contributed by atoms with Crippen LogP contribution in [0.25, 0.3) is 0 Å². The second-order valence-corrected chi connectivity index (χ2v) is 5.82. The van der Waals surface area contributed by atoms with Crippen LogP contribution in [0.15, 0.2) is 29.2 Å². The molecule has 15 heavy (non-hydrogen) atoms. The first-order valence-corrected chi connectivity index (χ1v) is 6.77. The SMILES string of the molecule is NCCCCS(=O)(=O)c1cccc(Cl)c1. The topological polar surface area (TPSA) is 60.2 Å². The molecule has 1 aromatic rings. The molecule has 0 radical (unpaired) electrons. The van der Waals surface area contributed by atoms with Gasteiger partial charge < -0.3 is 5.73 Å². The van der Waals surface area contributed by atoms with Gasteiger partial charge in [0, 0.05) is 5.02 Å². The lowest BCUT2D eigenvalue weighted by Gasteiger charge is -2.03. The van der Waals surface area contributed by atoms with Crippen LogP contribution < -0.4 is 5.73 Å². The fourth-order valence-corrected chi connectivity index (χ4v) is 2.88. The van der Waals surface area contributed by atoms with Crippen LogP contribution in [0.5, 0.6) is 0 Å². The molecule has 0 aromatic heterocycles. The number of hydrogen-bond donors (Lipinski definition) is 1. The van der Waals surface area contributed by atoms with E-state index in [-0.39, 0.29) is 10.6 Å². The summed E-state index contributed by atoms with van der Waals surface area (Å²) >= 11 is 5.73. The van der Waals surface area contributed by atoms with Gasteiger partial charge in [0.15, 0.2) is 9.84 Å². The molecule has 0 aliphatic carbocycles. The van der Waals surface area contributed by atoms with Gasteiger partial charge in [0.25, 0.3) is 0 Å². The minimum absolute atomic E-state index is 0.130. The molecule has 5 heteroatoms. The average Bonchev–Trinajstić information content (AvgIpc) is 2.18. The van der Waals surface area contributed by atoms with Crippen LogP contribution in [0.3, 0.4) is 0 Å². The Labute approximate surface area is 95.2 Å². The van der Waals surface area contributed by atoms with E-state index >= 15 is 0 Å². The molecule has 0 unspecified atom stereocenters. The van der Waals surface area contributed by atoms with Crippen molar-refractivity contribution in [2.24, 2.45) is 5.73 Å². The van der Waals surface area contributed by atoms with Crippen molar-refractivity contribution in [3.63, 3.8) is 0 Å². The molecule has 3 nitrogen and oxygen atoms in total. The summed E-state index contributed by atoms with van der Waals surface area (Å²) in [6, 6.07) is 6.32. The highest BCUT2D eigenvalue weighted by Crippen LogP contribution is 2.17. The van der Waals surface area contributed by atoms with Crippen molar-refractivity contribution in [2.75, 3.05) is 12.3 Å². The Morgan fingerprint density at radius 1 is 1.27 bits per heavy atom. The van der Waals surface area contributed by atoms with Crippen LogP contribution in [0.1, 0.15) is 12.8 Å². The zero-order valence-electron chi connectivity index (χ0n) is 8.32. The van der Waals surface area contributed by atoms with E-state index in [0.717, 1.165) is 6.42 Å². The summed E-state index contributed by atoms with van der Waals surface area (Å²) in [5.74, 6) is 0.130. The molecule has 2 N–H and O–H groups in total. The van der Waals surface area contributed by atoms with Crippen molar-refractivity contribution in [3.05, 3.63) is 29.3 Å². The molecular weight excluding hydrogens is 234 g/mol. The van der Waals surface area contributed by atoms with E-state index in [1.807, 2.05) is 0 Å². The molecule has 1 rings (SSSR count). The number of hydrogen-bond acceptors (Lipinski definition) is 3. The smallest absolute Gasteiger partial charge is 0.178 e. The molecule has 0 amide bonds.